The van der Waals surface area contributed by atoms with Gasteiger partial charge in [-0.25, -0.2) is 13.6 Å². The van der Waals surface area contributed by atoms with Gasteiger partial charge in [-0.05, 0) is 12.1 Å². The molecule has 2 rings (SSSR count). The molecule has 0 spiro atoms. The Kier molecular flexibility index (Phi) is 2.90. The van der Waals surface area contributed by atoms with E-state index < -0.39 is 10.0 Å². The second-order valence-electron chi connectivity index (χ2n) is 3.69. The van der Waals surface area contributed by atoms with Crippen molar-refractivity contribution in [3.8, 4) is 0 Å². The molecule has 1 heterocycles. The summed E-state index contributed by atoms with van der Waals surface area (Å²) in [5.74, 6) is -0.145. The van der Waals surface area contributed by atoms with E-state index >= 15 is 0 Å². The summed E-state index contributed by atoms with van der Waals surface area (Å²) in [5, 5.41) is 15.4. The number of hydrogen-bond donors (Lipinski definition) is 4. The minimum absolute atomic E-state index is 0.145. The molecule has 0 saturated heterocycles. The van der Waals surface area contributed by atoms with Crippen LogP contribution in [0.15, 0.2) is 18.3 Å². The van der Waals surface area contributed by atoms with Gasteiger partial charge in [-0.2, -0.15) is 5.10 Å². The lowest BCUT2D eigenvalue weighted by Gasteiger charge is -2.08. The first-order valence-corrected chi connectivity index (χ1v) is 6.64. The van der Waals surface area contributed by atoms with E-state index in [9.17, 15) is 8.42 Å². The van der Waals surface area contributed by atoms with E-state index in [2.05, 4.69) is 15.5 Å². The van der Waals surface area contributed by atoms with Crippen molar-refractivity contribution in [2.45, 2.75) is 0 Å². The van der Waals surface area contributed by atoms with Crippen LogP contribution in [0.3, 0.4) is 0 Å². The van der Waals surface area contributed by atoms with E-state index in [1.54, 1.807) is 18.3 Å². The predicted octanol–water partition coefficient (Wildman–Crippen LogP) is -0.154. The van der Waals surface area contributed by atoms with E-state index in [1.165, 1.54) is 0 Å². The van der Waals surface area contributed by atoms with Crippen molar-refractivity contribution in [2.24, 2.45) is 5.14 Å². The Bertz CT molecular complexity index is 634. The quantitative estimate of drug-likeness (QED) is 0.565. The lowest BCUT2D eigenvalue weighted by atomic mass is 10.2. The first kappa shape index (κ1) is 11.7. The van der Waals surface area contributed by atoms with Crippen LogP contribution >= 0.6 is 0 Å². The highest BCUT2D eigenvalue weighted by atomic mass is 32.2. The number of H-pyrrole nitrogens is 1. The fourth-order valence-corrected chi connectivity index (χ4v) is 1.88. The minimum Gasteiger partial charge on any atom is -0.397 e. The first-order chi connectivity index (χ1) is 7.96. The molecule has 0 atom stereocenters. The number of hydrogen-bond acceptors (Lipinski definition) is 5. The normalized spacial score (nSPS) is 11.8. The molecular formula is C9H13N5O2S. The summed E-state index contributed by atoms with van der Waals surface area (Å²) in [6.07, 6.45) is 1.67. The van der Waals surface area contributed by atoms with Gasteiger partial charge in [0.05, 0.1) is 28.8 Å². The third kappa shape index (κ3) is 2.86. The van der Waals surface area contributed by atoms with Crippen LogP contribution in [0.1, 0.15) is 0 Å². The molecule has 8 heteroatoms. The van der Waals surface area contributed by atoms with E-state index in [0.29, 0.717) is 11.4 Å². The largest absolute Gasteiger partial charge is 0.397 e. The number of nitrogens with zero attached hydrogens (tertiary/aromatic N) is 1. The first-order valence-electron chi connectivity index (χ1n) is 4.93. The molecule has 0 saturated carbocycles. The Morgan fingerprint density at radius 2 is 2.18 bits per heavy atom. The van der Waals surface area contributed by atoms with Gasteiger partial charge in [0, 0.05) is 11.9 Å². The molecule has 0 aliphatic carbocycles. The summed E-state index contributed by atoms with van der Waals surface area (Å²) in [5.41, 5.74) is 7.83. The van der Waals surface area contributed by atoms with Gasteiger partial charge in [0.15, 0.2) is 0 Å². The topological polar surface area (TPSA) is 127 Å². The molecule has 0 aliphatic heterocycles. The van der Waals surface area contributed by atoms with Crippen molar-refractivity contribution < 1.29 is 8.42 Å². The summed E-state index contributed by atoms with van der Waals surface area (Å²) < 4.78 is 21.5. The zero-order valence-electron chi connectivity index (χ0n) is 8.97. The van der Waals surface area contributed by atoms with Gasteiger partial charge >= 0.3 is 0 Å². The van der Waals surface area contributed by atoms with Crippen LogP contribution in [0.4, 0.5) is 11.4 Å². The minimum atomic E-state index is -3.46. The predicted molar refractivity (Wildman–Crippen MR) is 67.0 cm³/mol. The maximum atomic E-state index is 10.8. The smallest absolute Gasteiger partial charge is 0.210 e. The Morgan fingerprint density at radius 1 is 1.41 bits per heavy atom. The number of rotatable bonds is 4. The molecule has 0 unspecified atom stereocenters. The summed E-state index contributed by atoms with van der Waals surface area (Å²) in [4.78, 5) is 0. The molecule has 92 valence electrons. The summed E-state index contributed by atoms with van der Waals surface area (Å²) in [6, 6.07) is 3.54. The standard InChI is InChI=1S/C9H13N5O2S/c10-7-3-6-5-13-14-8(6)4-9(7)12-1-2-17(11,15)16/h3-5,12H,1-2,10H2,(H,13,14)(H2,11,15,16). The number of nitrogen functional groups attached to an aromatic ring is 1. The van der Waals surface area contributed by atoms with Crippen molar-refractivity contribution in [1.29, 1.82) is 0 Å². The number of anilines is 2. The molecule has 1 aromatic carbocycles. The van der Waals surface area contributed by atoms with Crippen LogP contribution < -0.4 is 16.2 Å². The Balaban J connectivity index is 2.15. The number of sulfonamides is 1. The lowest BCUT2D eigenvalue weighted by molar-refractivity contribution is 0.598. The average molecular weight is 255 g/mol. The fraction of sp³-hybridized carbons (Fsp3) is 0.222. The summed E-state index contributed by atoms with van der Waals surface area (Å²) in [7, 11) is -3.46. The number of nitrogens with one attached hydrogen (secondary N) is 2. The number of fused-ring (bicyclic) bond motifs is 1. The second-order valence-corrected chi connectivity index (χ2v) is 5.42. The molecule has 6 N–H and O–H groups in total. The maximum absolute atomic E-state index is 10.8. The van der Waals surface area contributed by atoms with E-state index in [1.807, 2.05) is 0 Å². The number of primary sulfonamides is 1. The molecule has 0 radical (unpaired) electrons. The number of benzene rings is 1. The molecule has 0 amide bonds. The fourth-order valence-electron chi connectivity index (χ4n) is 1.49. The molecular weight excluding hydrogens is 242 g/mol. The molecule has 17 heavy (non-hydrogen) atoms. The van der Waals surface area contributed by atoms with Gasteiger partial charge in [-0.1, -0.05) is 0 Å². The van der Waals surface area contributed by atoms with Gasteiger partial charge in [0.1, 0.15) is 0 Å². The highest BCUT2D eigenvalue weighted by Gasteiger charge is 2.05. The third-order valence-corrected chi connectivity index (χ3v) is 3.09. The van der Waals surface area contributed by atoms with Crippen molar-refractivity contribution >= 4 is 32.3 Å². The van der Waals surface area contributed by atoms with E-state index in [4.69, 9.17) is 10.9 Å². The van der Waals surface area contributed by atoms with Crippen molar-refractivity contribution in [3.63, 3.8) is 0 Å². The summed E-state index contributed by atoms with van der Waals surface area (Å²) in [6.45, 7) is 0.211. The zero-order valence-corrected chi connectivity index (χ0v) is 9.79. The second kappa shape index (κ2) is 4.22. The molecule has 0 aliphatic rings. The van der Waals surface area contributed by atoms with Crippen LogP contribution in [0.5, 0.6) is 0 Å². The average Bonchev–Trinajstić information content (AvgIpc) is 2.63. The molecule has 7 nitrogen and oxygen atoms in total. The number of aromatic amines is 1. The van der Waals surface area contributed by atoms with Crippen LogP contribution in [-0.2, 0) is 10.0 Å². The third-order valence-electron chi connectivity index (χ3n) is 2.31. The van der Waals surface area contributed by atoms with Crippen molar-refractivity contribution in [3.05, 3.63) is 18.3 Å². The van der Waals surface area contributed by atoms with Crippen LogP contribution in [0.25, 0.3) is 10.9 Å². The Labute approximate surface area is 98.2 Å². The monoisotopic (exact) mass is 255 g/mol. The van der Waals surface area contributed by atoms with Crippen LogP contribution in [0.2, 0.25) is 0 Å². The Hall–Kier alpha value is -1.80. The van der Waals surface area contributed by atoms with Gasteiger partial charge in [0.2, 0.25) is 10.0 Å². The highest BCUT2D eigenvalue weighted by molar-refractivity contribution is 7.89. The molecule has 1 aromatic heterocycles. The molecule has 0 fully saturated rings. The van der Waals surface area contributed by atoms with Crippen LogP contribution in [0, 0.1) is 0 Å². The number of nitrogens with two attached hydrogens (primary N) is 2. The van der Waals surface area contributed by atoms with Gasteiger partial charge in [0.25, 0.3) is 0 Å². The Morgan fingerprint density at radius 3 is 2.88 bits per heavy atom. The van der Waals surface area contributed by atoms with E-state index in [0.717, 1.165) is 10.9 Å². The highest BCUT2D eigenvalue weighted by Crippen LogP contribution is 2.24. The van der Waals surface area contributed by atoms with E-state index in [-0.39, 0.29) is 12.3 Å². The molecule has 0 bridgehead atoms. The summed E-state index contributed by atoms with van der Waals surface area (Å²) >= 11 is 0. The van der Waals surface area contributed by atoms with Gasteiger partial charge < -0.3 is 11.1 Å². The number of aromatic nitrogens is 2. The molecule has 2 aromatic rings. The van der Waals surface area contributed by atoms with Crippen molar-refractivity contribution in [1.82, 2.24) is 10.2 Å². The van der Waals surface area contributed by atoms with Crippen LogP contribution in [-0.4, -0.2) is 30.9 Å². The van der Waals surface area contributed by atoms with Gasteiger partial charge in [-0.3, -0.25) is 5.10 Å². The maximum Gasteiger partial charge on any atom is 0.210 e. The lowest BCUT2D eigenvalue weighted by Crippen LogP contribution is -2.22. The SMILES string of the molecule is Nc1cc2cn[nH]c2cc1NCCS(N)(=O)=O. The zero-order chi connectivity index (χ0) is 12.5. The van der Waals surface area contributed by atoms with Crippen molar-refractivity contribution in [2.75, 3.05) is 23.3 Å². The van der Waals surface area contributed by atoms with Gasteiger partial charge in [-0.15, -0.1) is 0 Å².